The number of ether oxygens (including phenoxy) is 5. The van der Waals surface area contributed by atoms with E-state index in [0.717, 1.165) is 0 Å². The van der Waals surface area contributed by atoms with E-state index in [1.807, 2.05) is 0 Å². The van der Waals surface area contributed by atoms with Gasteiger partial charge in [-0.1, -0.05) is 0 Å². The fraction of sp³-hybridized carbons (Fsp3) is 0.100. The van der Waals surface area contributed by atoms with Gasteiger partial charge in [0.05, 0.1) is 23.8 Å². The van der Waals surface area contributed by atoms with Gasteiger partial charge in [-0.05, 0) is 97.1 Å². The second-order valence-corrected chi connectivity index (χ2v) is 8.03. The molecule has 4 rings (SSSR count). The van der Waals surface area contributed by atoms with Crippen molar-refractivity contribution in [3.8, 4) is 28.7 Å². The van der Waals surface area contributed by atoms with Gasteiger partial charge < -0.3 is 28.8 Å². The molecule has 0 aliphatic rings. The molecule has 1 N–H and O–H groups in total. The maximum Gasteiger partial charge on any atom is 0.343 e. The van der Waals surface area contributed by atoms with Gasteiger partial charge in [-0.3, -0.25) is 0 Å². The molecule has 0 heterocycles. The molecule has 0 saturated carbocycles. The fourth-order valence-electron chi connectivity index (χ4n) is 3.32. The van der Waals surface area contributed by atoms with Crippen LogP contribution in [0.3, 0.4) is 0 Å². The Bertz CT molecular complexity index is 1410. The standard InChI is InChI=1S/C30H24O9/c1-35-28(32)20-4-10-24(11-5-20)36-18-19-37-25-12-6-22(7-13-25)30(34)39-27-16-14-26(15-17-27)38-29(33)21-2-8-23(31)9-3-21/h2-17,31H,18-19H2,1H3. The van der Waals surface area contributed by atoms with Crippen molar-refractivity contribution in [2.75, 3.05) is 20.3 Å². The van der Waals surface area contributed by atoms with Crippen molar-refractivity contribution in [1.29, 1.82) is 0 Å². The van der Waals surface area contributed by atoms with Crippen molar-refractivity contribution in [2.24, 2.45) is 0 Å². The van der Waals surface area contributed by atoms with Gasteiger partial charge in [0.15, 0.2) is 0 Å². The molecule has 39 heavy (non-hydrogen) atoms. The first-order valence-electron chi connectivity index (χ1n) is 11.8. The second kappa shape index (κ2) is 12.8. The van der Waals surface area contributed by atoms with Crippen LogP contribution in [0.1, 0.15) is 31.1 Å². The molecule has 0 aliphatic heterocycles. The van der Waals surface area contributed by atoms with E-state index in [0.29, 0.717) is 22.6 Å². The van der Waals surface area contributed by atoms with E-state index < -0.39 is 17.9 Å². The van der Waals surface area contributed by atoms with Crippen molar-refractivity contribution in [3.05, 3.63) is 114 Å². The van der Waals surface area contributed by atoms with Crippen LogP contribution in [-0.4, -0.2) is 43.3 Å². The van der Waals surface area contributed by atoms with Gasteiger partial charge in [0.25, 0.3) is 0 Å². The molecule has 0 radical (unpaired) electrons. The molecule has 9 heteroatoms. The number of carbonyl (C=O) groups excluding carboxylic acids is 3. The van der Waals surface area contributed by atoms with E-state index in [1.165, 1.54) is 55.6 Å². The van der Waals surface area contributed by atoms with E-state index in [9.17, 15) is 19.5 Å². The molecular weight excluding hydrogens is 504 g/mol. The number of hydrogen-bond donors (Lipinski definition) is 1. The number of hydrogen-bond acceptors (Lipinski definition) is 9. The van der Waals surface area contributed by atoms with E-state index >= 15 is 0 Å². The third-order valence-electron chi connectivity index (χ3n) is 5.33. The highest BCUT2D eigenvalue weighted by molar-refractivity contribution is 5.92. The van der Waals surface area contributed by atoms with Crippen molar-refractivity contribution in [1.82, 2.24) is 0 Å². The van der Waals surface area contributed by atoms with Crippen LogP contribution in [0.5, 0.6) is 28.7 Å². The molecule has 0 spiro atoms. The van der Waals surface area contributed by atoms with Crippen LogP contribution in [0.25, 0.3) is 0 Å². The molecule has 0 saturated heterocycles. The first-order valence-corrected chi connectivity index (χ1v) is 11.8. The maximum absolute atomic E-state index is 12.5. The highest BCUT2D eigenvalue weighted by Gasteiger charge is 2.12. The number of rotatable bonds is 10. The number of benzene rings is 4. The monoisotopic (exact) mass is 528 g/mol. The average molecular weight is 529 g/mol. The molecule has 9 nitrogen and oxygen atoms in total. The summed E-state index contributed by atoms with van der Waals surface area (Å²) >= 11 is 0. The Morgan fingerprint density at radius 3 is 1.23 bits per heavy atom. The van der Waals surface area contributed by atoms with Crippen LogP contribution in [0.2, 0.25) is 0 Å². The SMILES string of the molecule is COC(=O)c1ccc(OCCOc2ccc(C(=O)Oc3ccc(OC(=O)c4ccc(O)cc4)cc3)cc2)cc1. The molecule has 0 aromatic heterocycles. The molecular formula is C30H24O9. The van der Waals surface area contributed by atoms with Crippen molar-refractivity contribution >= 4 is 17.9 Å². The third kappa shape index (κ3) is 7.59. The largest absolute Gasteiger partial charge is 0.508 e. The minimum Gasteiger partial charge on any atom is -0.508 e. The molecule has 0 unspecified atom stereocenters. The first kappa shape index (κ1) is 26.7. The molecule has 0 amide bonds. The lowest BCUT2D eigenvalue weighted by molar-refractivity contribution is 0.0599. The van der Waals surface area contributed by atoms with E-state index in [-0.39, 0.29) is 36.0 Å². The Morgan fingerprint density at radius 1 is 0.513 bits per heavy atom. The quantitative estimate of drug-likeness (QED) is 0.171. The topological polar surface area (TPSA) is 118 Å². The van der Waals surface area contributed by atoms with Crippen LogP contribution in [-0.2, 0) is 4.74 Å². The molecule has 0 aliphatic carbocycles. The highest BCUT2D eigenvalue weighted by Crippen LogP contribution is 2.21. The Hall–Kier alpha value is -5.31. The van der Waals surface area contributed by atoms with Crippen molar-refractivity contribution in [3.63, 3.8) is 0 Å². The zero-order valence-electron chi connectivity index (χ0n) is 20.9. The van der Waals surface area contributed by atoms with E-state index in [4.69, 9.17) is 18.9 Å². The molecule has 198 valence electrons. The highest BCUT2D eigenvalue weighted by atomic mass is 16.5. The lowest BCUT2D eigenvalue weighted by atomic mass is 10.2. The Morgan fingerprint density at radius 2 is 0.846 bits per heavy atom. The van der Waals surface area contributed by atoms with Crippen molar-refractivity contribution in [2.45, 2.75) is 0 Å². The zero-order valence-corrected chi connectivity index (χ0v) is 20.9. The van der Waals surface area contributed by atoms with Crippen LogP contribution in [0.4, 0.5) is 0 Å². The lowest BCUT2D eigenvalue weighted by Crippen LogP contribution is -2.10. The van der Waals surface area contributed by atoms with Crippen LogP contribution < -0.4 is 18.9 Å². The predicted molar refractivity (Wildman–Crippen MR) is 140 cm³/mol. The second-order valence-electron chi connectivity index (χ2n) is 8.03. The zero-order chi connectivity index (χ0) is 27.6. The summed E-state index contributed by atoms with van der Waals surface area (Å²) in [7, 11) is 1.32. The van der Waals surface area contributed by atoms with Gasteiger partial charge >= 0.3 is 17.9 Å². The minimum absolute atomic E-state index is 0.0481. The van der Waals surface area contributed by atoms with Gasteiger partial charge in [0, 0.05) is 0 Å². The number of esters is 3. The van der Waals surface area contributed by atoms with Gasteiger partial charge in [-0.15, -0.1) is 0 Å². The number of phenolic OH excluding ortho intramolecular Hbond substituents is 1. The van der Waals surface area contributed by atoms with Crippen LogP contribution in [0, 0.1) is 0 Å². The average Bonchev–Trinajstić information content (AvgIpc) is 2.97. The van der Waals surface area contributed by atoms with E-state index in [2.05, 4.69) is 4.74 Å². The van der Waals surface area contributed by atoms with Gasteiger partial charge in [-0.2, -0.15) is 0 Å². The van der Waals surface area contributed by atoms with Crippen molar-refractivity contribution < 1.29 is 43.2 Å². The number of phenols is 1. The molecule has 4 aromatic rings. The summed E-state index contributed by atoms with van der Waals surface area (Å²) in [5.41, 5.74) is 1.05. The van der Waals surface area contributed by atoms with Gasteiger partial charge in [0.1, 0.15) is 42.0 Å². The van der Waals surface area contributed by atoms with Crippen LogP contribution >= 0.6 is 0 Å². The molecule has 0 fully saturated rings. The minimum atomic E-state index is -0.581. The van der Waals surface area contributed by atoms with E-state index in [1.54, 1.807) is 48.5 Å². The Labute approximate surface area is 224 Å². The molecule has 4 aromatic carbocycles. The van der Waals surface area contributed by atoms with Crippen LogP contribution in [0.15, 0.2) is 97.1 Å². The summed E-state index contributed by atoms with van der Waals surface area (Å²) < 4.78 is 26.5. The summed E-state index contributed by atoms with van der Waals surface area (Å²) in [6.07, 6.45) is 0. The Balaban J connectivity index is 1.21. The summed E-state index contributed by atoms with van der Waals surface area (Å²) in [6, 6.07) is 24.7. The maximum atomic E-state index is 12.5. The summed E-state index contributed by atoms with van der Waals surface area (Å²) in [5, 5.41) is 9.32. The first-order chi connectivity index (χ1) is 18.9. The third-order valence-corrected chi connectivity index (χ3v) is 5.33. The summed E-state index contributed by atoms with van der Waals surface area (Å²) in [4.78, 5) is 36.1. The number of aromatic hydroxyl groups is 1. The molecule has 0 bridgehead atoms. The summed E-state index contributed by atoms with van der Waals surface area (Å²) in [5.74, 6) is 0.187. The summed E-state index contributed by atoms with van der Waals surface area (Å²) in [6.45, 7) is 0.549. The fourth-order valence-corrected chi connectivity index (χ4v) is 3.32. The predicted octanol–water partition coefficient (Wildman–Crippen LogP) is 5.08. The lowest BCUT2D eigenvalue weighted by Gasteiger charge is -2.10. The molecule has 0 atom stereocenters. The number of methoxy groups -OCH3 is 1. The normalized spacial score (nSPS) is 10.3. The van der Waals surface area contributed by atoms with Gasteiger partial charge in [0.2, 0.25) is 0 Å². The smallest absolute Gasteiger partial charge is 0.343 e. The van der Waals surface area contributed by atoms with Gasteiger partial charge in [-0.25, -0.2) is 14.4 Å². The number of carbonyl (C=O) groups is 3. The Kier molecular flexibility index (Phi) is 8.76.